The first-order valence-corrected chi connectivity index (χ1v) is 9.66. The number of carbonyl (C=O) groups excluding carboxylic acids is 2. The van der Waals surface area contributed by atoms with Gasteiger partial charge in [-0.1, -0.05) is 42.5 Å². The van der Waals surface area contributed by atoms with E-state index in [1.54, 1.807) is 12.1 Å². The fourth-order valence-electron chi connectivity index (χ4n) is 4.30. The van der Waals surface area contributed by atoms with E-state index < -0.39 is 23.5 Å². The molecule has 0 bridgehead atoms. The minimum absolute atomic E-state index is 0.0357. The van der Waals surface area contributed by atoms with Gasteiger partial charge < -0.3 is 14.4 Å². The van der Waals surface area contributed by atoms with E-state index in [4.69, 9.17) is 9.47 Å². The molecule has 1 saturated heterocycles. The van der Waals surface area contributed by atoms with Gasteiger partial charge in [-0.25, -0.2) is 9.18 Å². The van der Waals surface area contributed by atoms with E-state index in [2.05, 4.69) is 4.99 Å². The molecule has 29 heavy (non-hydrogen) atoms. The van der Waals surface area contributed by atoms with E-state index in [-0.39, 0.29) is 11.5 Å². The summed E-state index contributed by atoms with van der Waals surface area (Å²) in [5, 5.41) is 0. The highest BCUT2D eigenvalue weighted by molar-refractivity contribution is 5.99. The summed E-state index contributed by atoms with van der Waals surface area (Å²) in [7, 11) is 0. The number of likely N-dealkylation sites (tertiary alicyclic amines) is 1. The molecule has 3 heterocycles. The van der Waals surface area contributed by atoms with Crippen LogP contribution in [0.5, 0.6) is 0 Å². The Balaban J connectivity index is 1.28. The van der Waals surface area contributed by atoms with Crippen molar-refractivity contribution in [3.8, 4) is 0 Å². The maximum Gasteiger partial charge on any atom is 0.342 e. The average Bonchev–Trinajstić information content (AvgIpc) is 3.22. The predicted molar refractivity (Wildman–Crippen MR) is 102 cm³/mol. The topological polar surface area (TPSA) is 68.2 Å². The molecule has 0 N–H and O–H groups in total. The summed E-state index contributed by atoms with van der Waals surface area (Å²) in [6.07, 6.45) is 0.807. The zero-order valence-electron chi connectivity index (χ0n) is 15.6. The highest BCUT2D eigenvalue weighted by atomic mass is 19.1. The number of ether oxygens (including phenoxy) is 2. The van der Waals surface area contributed by atoms with Crippen molar-refractivity contribution in [2.24, 2.45) is 4.99 Å². The Morgan fingerprint density at radius 2 is 1.83 bits per heavy atom. The molecule has 0 saturated carbocycles. The van der Waals surface area contributed by atoms with Crippen molar-refractivity contribution in [3.05, 3.63) is 71.0 Å². The summed E-state index contributed by atoms with van der Waals surface area (Å²) in [5.74, 6) is -1.45. The third kappa shape index (κ3) is 2.97. The molecule has 2 aromatic rings. The Bertz CT molecular complexity index is 1010. The van der Waals surface area contributed by atoms with Gasteiger partial charge in [-0.15, -0.1) is 0 Å². The number of nitrogens with zero attached hydrogens (tertiary/aromatic N) is 2. The first-order chi connectivity index (χ1) is 14.1. The number of halogens is 1. The molecule has 2 aromatic carbocycles. The molecule has 1 fully saturated rings. The Morgan fingerprint density at radius 1 is 1.07 bits per heavy atom. The van der Waals surface area contributed by atoms with Gasteiger partial charge in [-0.05, 0) is 11.6 Å². The molecule has 1 spiro atoms. The van der Waals surface area contributed by atoms with E-state index in [0.717, 1.165) is 5.56 Å². The molecule has 5 rings (SSSR count). The smallest absolute Gasteiger partial charge is 0.342 e. The molecule has 6 nitrogen and oxygen atoms in total. The highest BCUT2D eigenvalue weighted by Gasteiger charge is 2.49. The van der Waals surface area contributed by atoms with Gasteiger partial charge in [-0.2, -0.15) is 4.99 Å². The number of amidine groups is 1. The van der Waals surface area contributed by atoms with Crippen molar-refractivity contribution in [2.45, 2.75) is 31.0 Å². The van der Waals surface area contributed by atoms with Crippen LogP contribution in [0.15, 0.2) is 53.5 Å². The molecule has 3 aliphatic rings. The van der Waals surface area contributed by atoms with Crippen LogP contribution in [0.3, 0.4) is 0 Å². The Morgan fingerprint density at radius 3 is 2.59 bits per heavy atom. The van der Waals surface area contributed by atoms with Crippen LogP contribution in [0.1, 0.15) is 34.3 Å². The monoisotopic (exact) mass is 394 g/mol. The Hall–Kier alpha value is -3.22. The van der Waals surface area contributed by atoms with Gasteiger partial charge in [0.2, 0.25) is 0 Å². The second-order valence-electron chi connectivity index (χ2n) is 7.56. The van der Waals surface area contributed by atoms with Crippen molar-refractivity contribution in [2.75, 3.05) is 13.1 Å². The van der Waals surface area contributed by atoms with Crippen molar-refractivity contribution in [3.63, 3.8) is 0 Å². The minimum Gasteiger partial charge on any atom is -0.451 e. The van der Waals surface area contributed by atoms with Gasteiger partial charge in [0.15, 0.2) is 6.10 Å². The van der Waals surface area contributed by atoms with Gasteiger partial charge >= 0.3 is 5.97 Å². The molecule has 1 atom stereocenters. The third-order valence-corrected chi connectivity index (χ3v) is 5.83. The summed E-state index contributed by atoms with van der Waals surface area (Å²) in [6, 6.07) is 14.6. The number of amides is 1. The Labute approximate surface area is 166 Å². The van der Waals surface area contributed by atoms with Crippen LogP contribution in [0, 0.1) is 5.82 Å². The van der Waals surface area contributed by atoms with Crippen molar-refractivity contribution in [1.82, 2.24) is 4.90 Å². The number of fused-ring (bicyclic) bond motifs is 2. The maximum absolute atomic E-state index is 14.1. The highest BCUT2D eigenvalue weighted by Crippen LogP contribution is 2.45. The zero-order chi connectivity index (χ0) is 20.0. The number of benzene rings is 2. The normalized spacial score (nSPS) is 22.3. The van der Waals surface area contributed by atoms with Crippen LogP contribution < -0.4 is 0 Å². The zero-order valence-corrected chi connectivity index (χ0v) is 15.6. The van der Waals surface area contributed by atoms with Gasteiger partial charge in [0.05, 0.1) is 0 Å². The predicted octanol–water partition coefficient (Wildman–Crippen LogP) is 2.81. The van der Waals surface area contributed by atoms with Crippen LogP contribution in [-0.2, 0) is 26.3 Å². The number of rotatable bonds is 2. The van der Waals surface area contributed by atoms with E-state index in [9.17, 15) is 14.0 Å². The van der Waals surface area contributed by atoms with Crippen LogP contribution in [0.4, 0.5) is 4.39 Å². The van der Waals surface area contributed by atoms with Crippen LogP contribution in [0.2, 0.25) is 0 Å². The summed E-state index contributed by atoms with van der Waals surface area (Å²) >= 11 is 0. The SMILES string of the molecule is O=C1OC2(CCN(C3=NC(=O)C(Cc4ccccc4)O3)CC2)c2cccc(F)c21. The number of piperidine rings is 1. The number of esters is 1. The second-order valence-corrected chi connectivity index (χ2v) is 7.56. The first-order valence-electron chi connectivity index (χ1n) is 9.66. The number of aliphatic imine (C=N–C) groups is 1. The molecule has 0 radical (unpaired) electrons. The second kappa shape index (κ2) is 6.69. The van der Waals surface area contributed by atoms with Crippen LogP contribution in [0.25, 0.3) is 0 Å². The largest absolute Gasteiger partial charge is 0.451 e. The summed E-state index contributed by atoms with van der Waals surface area (Å²) in [5.41, 5.74) is 0.830. The maximum atomic E-state index is 14.1. The molecule has 0 aliphatic carbocycles. The van der Waals surface area contributed by atoms with Gasteiger partial charge in [0.1, 0.15) is 17.0 Å². The van der Waals surface area contributed by atoms with Gasteiger partial charge in [0.25, 0.3) is 11.9 Å². The fourth-order valence-corrected chi connectivity index (χ4v) is 4.30. The molecule has 1 amide bonds. The van der Waals surface area contributed by atoms with Crippen LogP contribution >= 0.6 is 0 Å². The van der Waals surface area contributed by atoms with Crippen molar-refractivity contribution in [1.29, 1.82) is 0 Å². The van der Waals surface area contributed by atoms with Crippen LogP contribution in [-0.4, -0.2) is 42.0 Å². The Kier molecular flexibility index (Phi) is 4.12. The lowest BCUT2D eigenvalue weighted by atomic mass is 9.84. The molecule has 1 unspecified atom stereocenters. The quantitative estimate of drug-likeness (QED) is 0.733. The third-order valence-electron chi connectivity index (χ3n) is 5.83. The van der Waals surface area contributed by atoms with E-state index in [1.165, 1.54) is 6.07 Å². The van der Waals surface area contributed by atoms with E-state index >= 15 is 0 Å². The fraction of sp³-hybridized carbons (Fsp3) is 0.318. The van der Waals surface area contributed by atoms with E-state index in [0.29, 0.717) is 43.9 Å². The summed E-state index contributed by atoms with van der Waals surface area (Å²) in [4.78, 5) is 30.4. The van der Waals surface area contributed by atoms with Crippen molar-refractivity contribution >= 4 is 17.9 Å². The molecule has 3 aliphatic heterocycles. The summed E-state index contributed by atoms with van der Waals surface area (Å²) in [6.45, 7) is 0.987. The molecule has 0 aromatic heterocycles. The standard InChI is InChI=1S/C22H19FN2O4/c23-16-8-4-7-15-18(16)20(27)29-22(15)9-11-25(12-10-22)21-24-19(26)17(28-21)13-14-5-2-1-3-6-14/h1-8,17H,9-13H2. The number of carbonyl (C=O) groups is 2. The average molecular weight is 394 g/mol. The van der Waals surface area contributed by atoms with Crippen molar-refractivity contribution < 1.29 is 23.5 Å². The molecular formula is C22H19FN2O4. The number of hydrogen-bond acceptors (Lipinski definition) is 5. The summed E-state index contributed by atoms with van der Waals surface area (Å²) < 4.78 is 25.5. The molecule has 148 valence electrons. The lowest BCUT2D eigenvalue weighted by Crippen LogP contribution is -2.45. The first kappa shape index (κ1) is 17.8. The lowest BCUT2D eigenvalue weighted by Gasteiger charge is -2.38. The van der Waals surface area contributed by atoms with Gasteiger partial charge in [0, 0.05) is 37.9 Å². The molecular weight excluding hydrogens is 375 g/mol. The lowest BCUT2D eigenvalue weighted by molar-refractivity contribution is -0.122. The molecule has 7 heteroatoms. The minimum atomic E-state index is -0.822. The van der Waals surface area contributed by atoms with Gasteiger partial charge in [-0.3, -0.25) is 4.79 Å². The number of hydrogen-bond donors (Lipinski definition) is 0. The van der Waals surface area contributed by atoms with E-state index in [1.807, 2.05) is 35.2 Å².